The van der Waals surface area contributed by atoms with Crippen molar-refractivity contribution in [1.29, 1.82) is 0 Å². The van der Waals surface area contributed by atoms with Gasteiger partial charge < -0.3 is 0 Å². The molecular formula is C11H16ClNO2S. The van der Waals surface area contributed by atoms with Gasteiger partial charge in [-0.25, -0.2) is 13.6 Å². The first kappa shape index (κ1) is 13.5. The summed E-state index contributed by atoms with van der Waals surface area (Å²) in [4.78, 5) is 0. The number of unbranched alkanes of at least 4 members (excludes halogenated alkanes) is 1. The summed E-state index contributed by atoms with van der Waals surface area (Å²) in [5.41, 5.74) is 0.709. The highest BCUT2D eigenvalue weighted by molar-refractivity contribution is 7.89. The summed E-state index contributed by atoms with van der Waals surface area (Å²) in [6, 6.07) is 6.79. The van der Waals surface area contributed by atoms with E-state index in [4.69, 9.17) is 16.7 Å². The van der Waals surface area contributed by atoms with Crippen LogP contribution >= 0.6 is 11.6 Å². The molecule has 0 aliphatic heterocycles. The molecule has 0 amide bonds. The van der Waals surface area contributed by atoms with Crippen molar-refractivity contribution >= 4 is 21.6 Å². The first-order valence-electron chi connectivity index (χ1n) is 5.22. The van der Waals surface area contributed by atoms with Gasteiger partial charge in [0, 0.05) is 5.02 Å². The van der Waals surface area contributed by atoms with E-state index in [1.54, 1.807) is 24.3 Å². The zero-order valence-corrected chi connectivity index (χ0v) is 10.8. The molecule has 0 aliphatic carbocycles. The molecule has 2 N–H and O–H groups in total. The molecule has 0 aromatic heterocycles. The lowest BCUT2D eigenvalue weighted by molar-refractivity contribution is 0.570. The molecule has 1 atom stereocenters. The minimum Gasteiger partial charge on any atom is -0.228 e. The molecule has 1 unspecified atom stereocenters. The van der Waals surface area contributed by atoms with E-state index in [0.717, 1.165) is 12.8 Å². The maximum absolute atomic E-state index is 11.5. The highest BCUT2D eigenvalue weighted by Crippen LogP contribution is 2.27. The largest absolute Gasteiger partial charge is 0.228 e. The summed E-state index contributed by atoms with van der Waals surface area (Å²) in [7, 11) is -3.55. The second-order valence-corrected chi connectivity index (χ2v) is 5.95. The third kappa shape index (κ3) is 3.77. The Morgan fingerprint density at radius 2 is 1.88 bits per heavy atom. The second-order valence-electron chi connectivity index (χ2n) is 3.77. The van der Waals surface area contributed by atoms with Gasteiger partial charge in [-0.2, -0.15) is 0 Å². The Morgan fingerprint density at radius 1 is 1.31 bits per heavy atom. The number of rotatable bonds is 5. The molecule has 0 bridgehead atoms. The van der Waals surface area contributed by atoms with Crippen molar-refractivity contribution in [3.05, 3.63) is 34.9 Å². The fourth-order valence-electron chi connectivity index (χ4n) is 1.59. The third-order valence-electron chi connectivity index (χ3n) is 2.46. The van der Waals surface area contributed by atoms with Crippen molar-refractivity contribution in [2.45, 2.75) is 31.4 Å². The van der Waals surface area contributed by atoms with E-state index in [1.807, 2.05) is 6.92 Å². The Labute approximate surface area is 102 Å². The molecule has 0 heterocycles. The van der Waals surface area contributed by atoms with Crippen molar-refractivity contribution < 1.29 is 8.42 Å². The Morgan fingerprint density at radius 3 is 2.31 bits per heavy atom. The SMILES string of the molecule is CCCCC(c1ccc(Cl)cc1)S(N)(=O)=O. The molecule has 0 spiro atoms. The topological polar surface area (TPSA) is 60.2 Å². The Kier molecular flexibility index (Phi) is 4.77. The zero-order valence-electron chi connectivity index (χ0n) is 9.19. The molecule has 1 rings (SSSR count). The smallest absolute Gasteiger partial charge is 0.216 e. The third-order valence-corrected chi connectivity index (χ3v) is 4.01. The summed E-state index contributed by atoms with van der Waals surface area (Å²) in [5.74, 6) is 0. The normalized spacial score (nSPS) is 13.7. The van der Waals surface area contributed by atoms with E-state index in [9.17, 15) is 8.42 Å². The van der Waals surface area contributed by atoms with Crippen LogP contribution in [0.5, 0.6) is 0 Å². The molecular weight excluding hydrogens is 246 g/mol. The van der Waals surface area contributed by atoms with E-state index in [2.05, 4.69) is 0 Å². The summed E-state index contributed by atoms with van der Waals surface area (Å²) in [6.45, 7) is 2.02. The van der Waals surface area contributed by atoms with E-state index in [0.29, 0.717) is 17.0 Å². The number of sulfonamides is 1. The van der Waals surface area contributed by atoms with E-state index in [1.165, 1.54) is 0 Å². The predicted octanol–water partition coefficient (Wildman–Crippen LogP) is 2.86. The van der Waals surface area contributed by atoms with Gasteiger partial charge in [-0.05, 0) is 24.1 Å². The van der Waals surface area contributed by atoms with Gasteiger partial charge >= 0.3 is 0 Å². The van der Waals surface area contributed by atoms with Gasteiger partial charge in [0.1, 0.15) is 5.25 Å². The fraction of sp³-hybridized carbons (Fsp3) is 0.455. The quantitative estimate of drug-likeness (QED) is 0.886. The lowest BCUT2D eigenvalue weighted by Crippen LogP contribution is -2.21. The average molecular weight is 262 g/mol. The molecule has 90 valence electrons. The van der Waals surface area contributed by atoms with E-state index < -0.39 is 15.3 Å². The predicted molar refractivity (Wildman–Crippen MR) is 66.8 cm³/mol. The van der Waals surface area contributed by atoms with Gasteiger partial charge in [0.25, 0.3) is 0 Å². The van der Waals surface area contributed by atoms with Crippen LogP contribution in [0.25, 0.3) is 0 Å². The molecule has 5 heteroatoms. The number of benzene rings is 1. The minimum atomic E-state index is -3.55. The van der Waals surface area contributed by atoms with Gasteiger partial charge in [0.2, 0.25) is 10.0 Å². The molecule has 0 aliphatic rings. The lowest BCUT2D eigenvalue weighted by atomic mass is 10.1. The highest BCUT2D eigenvalue weighted by atomic mass is 35.5. The summed E-state index contributed by atoms with van der Waals surface area (Å²) in [6.07, 6.45) is 2.33. The highest BCUT2D eigenvalue weighted by Gasteiger charge is 2.22. The van der Waals surface area contributed by atoms with Crippen LogP contribution < -0.4 is 5.14 Å². The number of primary sulfonamides is 1. The molecule has 1 aromatic rings. The molecule has 0 saturated carbocycles. The van der Waals surface area contributed by atoms with Crippen molar-refractivity contribution in [1.82, 2.24) is 0 Å². The minimum absolute atomic E-state index is 0.553. The van der Waals surface area contributed by atoms with Gasteiger partial charge in [0.05, 0.1) is 0 Å². The van der Waals surface area contributed by atoms with Crippen LogP contribution in [0.2, 0.25) is 5.02 Å². The number of nitrogens with two attached hydrogens (primary N) is 1. The summed E-state index contributed by atoms with van der Waals surface area (Å²) in [5, 5.41) is 5.20. The van der Waals surface area contributed by atoms with Crippen molar-refractivity contribution in [2.75, 3.05) is 0 Å². The molecule has 0 radical (unpaired) electrons. The molecule has 0 fully saturated rings. The first-order valence-corrected chi connectivity index (χ1v) is 7.21. The number of halogens is 1. The van der Waals surface area contributed by atoms with Gasteiger partial charge in [-0.1, -0.05) is 43.5 Å². The van der Waals surface area contributed by atoms with E-state index in [-0.39, 0.29) is 0 Å². The maximum Gasteiger partial charge on any atom is 0.216 e. The number of hydrogen-bond donors (Lipinski definition) is 1. The van der Waals surface area contributed by atoms with Gasteiger partial charge in [0.15, 0.2) is 0 Å². The lowest BCUT2D eigenvalue weighted by Gasteiger charge is -2.14. The van der Waals surface area contributed by atoms with Gasteiger partial charge in [-0.15, -0.1) is 0 Å². The van der Waals surface area contributed by atoms with Crippen LogP contribution in [-0.2, 0) is 10.0 Å². The van der Waals surface area contributed by atoms with Crippen molar-refractivity contribution in [2.24, 2.45) is 5.14 Å². The Bertz CT molecular complexity index is 428. The monoisotopic (exact) mass is 261 g/mol. The number of hydrogen-bond acceptors (Lipinski definition) is 2. The van der Waals surface area contributed by atoms with Crippen molar-refractivity contribution in [3.8, 4) is 0 Å². The zero-order chi connectivity index (χ0) is 12.2. The summed E-state index contributed by atoms with van der Waals surface area (Å²) < 4.78 is 22.9. The second kappa shape index (κ2) is 5.66. The van der Waals surface area contributed by atoms with Crippen LogP contribution in [0.3, 0.4) is 0 Å². The van der Waals surface area contributed by atoms with Gasteiger partial charge in [-0.3, -0.25) is 0 Å². The van der Waals surface area contributed by atoms with Crippen molar-refractivity contribution in [3.63, 3.8) is 0 Å². The molecule has 3 nitrogen and oxygen atoms in total. The Balaban J connectivity index is 2.97. The van der Waals surface area contributed by atoms with Crippen LogP contribution in [0.1, 0.15) is 37.0 Å². The van der Waals surface area contributed by atoms with Crippen LogP contribution in [0.4, 0.5) is 0 Å². The molecule has 1 aromatic carbocycles. The van der Waals surface area contributed by atoms with Crippen LogP contribution in [0.15, 0.2) is 24.3 Å². The fourth-order valence-corrected chi connectivity index (χ4v) is 2.75. The van der Waals surface area contributed by atoms with Crippen LogP contribution in [0, 0.1) is 0 Å². The molecule has 0 saturated heterocycles. The first-order chi connectivity index (χ1) is 7.45. The average Bonchev–Trinajstić information content (AvgIpc) is 2.19. The summed E-state index contributed by atoms with van der Waals surface area (Å²) >= 11 is 5.75. The standard InChI is InChI=1S/C11H16ClNO2S/c1-2-3-4-11(16(13,14)15)9-5-7-10(12)8-6-9/h5-8,11H,2-4H2,1H3,(H2,13,14,15). The van der Waals surface area contributed by atoms with E-state index >= 15 is 0 Å². The molecule has 16 heavy (non-hydrogen) atoms. The Hall–Kier alpha value is -0.580. The van der Waals surface area contributed by atoms with Crippen LogP contribution in [-0.4, -0.2) is 8.42 Å². The maximum atomic E-state index is 11.5.